The van der Waals surface area contributed by atoms with E-state index in [0.29, 0.717) is 31.3 Å². The zero-order valence-electron chi connectivity index (χ0n) is 22.3. The molecule has 9 nitrogen and oxygen atoms in total. The average molecular weight is 552 g/mol. The van der Waals surface area contributed by atoms with Gasteiger partial charge in [-0.05, 0) is 50.6 Å². The van der Waals surface area contributed by atoms with Crippen LogP contribution in [-0.2, 0) is 26.2 Å². The minimum Gasteiger partial charge on any atom is -0.486 e. The van der Waals surface area contributed by atoms with Crippen LogP contribution in [0.4, 0.5) is 5.69 Å². The Hall–Kier alpha value is -4.05. The maximum atomic E-state index is 13.9. The molecule has 1 aliphatic heterocycles. The molecule has 0 saturated carbocycles. The fourth-order valence-electron chi connectivity index (χ4n) is 4.35. The number of ether oxygens (including phenoxy) is 2. The first-order valence-electron chi connectivity index (χ1n) is 12.8. The van der Waals surface area contributed by atoms with Crippen LogP contribution >= 0.6 is 0 Å². The summed E-state index contributed by atoms with van der Waals surface area (Å²) in [6, 6.07) is 19.5. The Morgan fingerprint density at radius 1 is 0.949 bits per heavy atom. The van der Waals surface area contributed by atoms with Crippen molar-refractivity contribution in [2.75, 3.05) is 30.6 Å². The minimum absolute atomic E-state index is 0.0368. The molecule has 4 rings (SSSR count). The summed E-state index contributed by atoms with van der Waals surface area (Å²) >= 11 is 0. The lowest BCUT2D eigenvalue weighted by Crippen LogP contribution is -2.51. The van der Waals surface area contributed by atoms with E-state index in [-0.39, 0.29) is 23.0 Å². The third-order valence-corrected chi connectivity index (χ3v) is 8.17. The van der Waals surface area contributed by atoms with Crippen LogP contribution in [0.3, 0.4) is 0 Å². The molecule has 10 heteroatoms. The zero-order chi connectivity index (χ0) is 28.0. The van der Waals surface area contributed by atoms with E-state index in [1.165, 1.54) is 17.0 Å². The maximum absolute atomic E-state index is 13.9. The Bertz CT molecular complexity index is 1430. The van der Waals surface area contributed by atoms with Crippen LogP contribution < -0.4 is 19.1 Å². The molecule has 0 radical (unpaired) electrons. The number of benzene rings is 3. The molecule has 1 aliphatic rings. The summed E-state index contributed by atoms with van der Waals surface area (Å²) in [5, 5.41) is 2.76. The van der Waals surface area contributed by atoms with Gasteiger partial charge in [0.2, 0.25) is 11.8 Å². The molecule has 39 heavy (non-hydrogen) atoms. The Kier molecular flexibility index (Phi) is 8.75. The summed E-state index contributed by atoms with van der Waals surface area (Å²) in [5.74, 6) is 0.0473. The van der Waals surface area contributed by atoms with Crippen LogP contribution in [-0.4, -0.2) is 57.5 Å². The highest BCUT2D eigenvalue weighted by atomic mass is 32.2. The van der Waals surface area contributed by atoms with Gasteiger partial charge in [-0.25, -0.2) is 8.42 Å². The molecule has 1 heterocycles. The maximum Gasteiger partial charge on any atom is 0.264 e. The van der Waals surface area contributed by atoms with Crippen molar-refractivity contribution < 1.29 is 27.5 Å². The molecule has 1 N–H and O–H groups in total. The topological polar surface area (TPSA) is 105 Å². The number of likely N-dealkylation sites (N-methyl/N-ethyl adjacent to an activating group) is 1. The average Bonchev–Trinajstić information content (AvgIpc) is 2.94. The van der Waals surface area contributed by atoms with Crippen molar-refractivity contribution >= 4 is 27.5 Å². The summed E-state index contributed by atoms with van der Waals surface area (Å²) in [5.41, 5.74) is 2.09. The lowest BCUT2D eigenvalue weighted by molar-refractivity contribution is -0.139. The third-order valence-electron chi connectivity index (χ3n) is 6.38. The fraction of sp³-hybridized carbons (Fsp3) is 0.310. The number of hydrogen-bond acceptors (Lipinski definition) is 6. The monoisotopic (exact) mass is 551 g/mol. The van der Waals surface area contributed by atoms with E-state index < -0.39 is 28.5 Å². The SMILES string of the molecule is CCNC(=O)[C@H](C)N(Cc1cccc(C)c1)C(=O)CN(c1ccc2c(c1)OCCO2)S(=O)(=O)c1ccccc1. The van der Waals surface area contributed by atoms with Gasteiger partial charge in [0.1, 0.15) is 25.8 Å². The zero-order valence-corrected chi connectivity index (χ0v) is 23.1. The van der Waals surface area contributed by atoms with Gasteiger partial charge < -0.3 is 19.7 Å². The van der Waals surface area contributed by atoms with Gasteiger partial charge in [-0.2, -0.15) is 0 Å². The predicted octanol–water partition coefficient (Wildman–Crippen LogP) is 3.51. The van der Waals surface area contributed by atoms with E-state index >= 15 is 0 Å². The highest BCUT2D eigenvalue weighted by Gasteiger charge is 2.33. The van der Waals surface area contributed by atoms with Crippen molar-refractivity contribution in [1.82, 2.24) is 10.2 Å². The first kappa shape index (κ1) is 28.0. The summed E-state index contributed by atoms with van der Waals surface area (Å²) in [4.78, 5) is 28.2. The summed E-state index contributed by atoms with van der Waals surface area (Å²) in [6.45, 7) is 6.12. The lowest BCUT2D eigenvalue weighted by atomic mass is 10.1. The molecule has 0 unspecified atom stereocenters. The van der Waals surface area contributed by atoms with Crippen LogP contribution in [0, 0.1) is 6.92 Å². The number of aryl methyl sites for hydroxylation is 1. The van der Waals surface area contributed by atoms with Crippen LogP contribution in [0.15, 0.2) is 77.7 Å². The van der Waals surface area contributed by atoms with E-state index in [0.717, 1.165) is 15.4 Å². The highest BCUT2D eigenvalue weighted by molar-refractivity contribution is 7.92. The van der Waals surface area contributed by atoms with Crippen LogP contribution in [0.25, 0.3) is 0 Å². The largest absolute Gasteiger partial charge is 0.486 e. The van der Waals surface area contributed by atoms with E-state index in [2.05, 4.69) is 5.32 Å². The molecule has 3 aromatic carbocycles. The Morgan fingerprint density at radius 2 is 1.67 bits per heavy atom. The molecule has 2 amide bonds. The number of sulfonamides is 1. The number of rotatable bonds is 10. The lowest BCUT2D eigenvalue weighted by Gasteiger charge is -2.32. The second kappa shape index (κ2) is 12.2. The Morgan fingerprint density at radius 3 is 2.36 bits per heavy atom. The summed E-state index contributed by atoms with van der Waals surface area (Å²) < 4.78 is 40.1. The van der Waals surface area contributed by atoms with E-state index in [9.17, 15) is 18.0 Å². The van der Waals surface area contributed by atoms with Gasteiger partial charge in [0.15, 0.2) is 11.5 Å². The normalized spacial score (nSPS) is 13.3. The number of nitrogens with zero attached hydrogens (tertiary/aromatic N) is 2. The smallest absolute Gasteiger partial charge is 0.264 e. The molecule has 0 aromatic heterocycles. The van der Waals surface area contributed by atoms with Gasteiger partial charge in [0.05, 0.1) is 10.6 Å². The van der Waals surface area contributed by atoms with Crippen molar-refractivity contribution in [3.63, 3.8) is 0 Å². The van der Waals surface area contributed by atoms with Crippen LogP contribution in [0.2, 0.25) is 0 Å². The number of nitrogens with one attached hydrogen (secondary N) is 1. The van der Waals surface area contributed by atoms with E-state index in [4.69, 9.17) is 9.47 Å². The minimum atomic E-state index is -4.16. The third kappa shape index (κ3) is 6.51. The number of anilines is 1. The predicted molar refractivity (Wildman–Crippen MR) is 148 cm³/mol. The van der Waals surface area contributed by atoms with E-state index in [1.807, 2.05) is 31.2 Å². The van der Waals surface area contributed by atoms with Gasteiger partial charge in [0.25, 0.3) is 10.0 Å². The molecule has 3 aromatic rings. The number of hydrogen-bond donors (Lipinski definition) is 1. The van der Waals surface area contributed by atoms with Crippen molar-refractivity contribution in [2.24, 2.45) is 0 Å². The molecule has 1 atom stereocenters. The molecule has 0 aliphatic carbocycles. The van der Waals surface area contributed by atoms with Crippen LogP contribution in [0.1, 0.15) is 25.0 Å². The van der Waals surface area contributed by atoms with Crippen molar-refractivity contribution in [2.45, 2.75) is 38.3 Å². The van der Waals surface area contributed by atoms with Gasteiger partial charge in [-0.3, -0.25) is 13.9 Å². The fourth-order valence-corrected chi connectivity index (χ4v) is 5.77. The standard InChI is InChI=1S/C29H33N3O6S/c1-4-30-29(34)22(3)31(19-23-10-8-9-21(2)17-23)28(33)20-32(39(35,36)25-11-6-5-7-12-25)24-13-14-26-27(18-24)38-16-15-37-26/h5-14,17-18,22H,4,15-16,19-20H2,1-3H3,(H,30,34)/t22-/m0/s1. The second-order valence-electron chi connectivity index (χ2n) is 9.23. The molecule has 0 spiro atoms. The summed E-state index contributed by atoms with van der Waals surface area (Å²) in [7, 11) is -4.16. The number of fused-ring (bicyclic) bond motifs is 1. The van der Waals surface area contributed by atoms with Crippen molar-refractivity contribution in [1.29, 1.82) is 0 Å². The van der Waals surface area contributed by atoms with Crippen molar-refractivity contribution in [3.05, 3.63) is 83.9 Å². The molecule has 0 fully saturated rings. The van der Waals surface area contributed by atoms with Gasteiger partial charge >= 0.3 is 0 Å². The highest BCUT2D eigenvalue weighted by Crippen LogP contribution is 2.36. The van der Waals surface area contributed by atoms with Gasteiger partial charge in [-0.15, -0.1) is 0 Å². The van der Waals surface area contributed by atoms with Crippen LogP contribution in [0.5, 0.6) is 11.5 Å². The second-order valence-corrected chi connectivity index (χ2v) is 11.1. The first-order chi connectivity index (χ1) is 18.7. The van der Waals surface area contributed by atoms with E-state index in [1.54, 1.807) is 50.2 Å². The van der Waals surface area contributed by atoms with Crippen molar-refractivity contribution in [3.8, 4) is 11.5 Å². The quantitative estimate of drug-likeness (QED) is 0.414. The number of amides is 2. The number of carbonyl (C=O) groups is 2. The molecule has 0 saturated heterocycles. The first-order valence-corrected chi connectivity index (χ1v) is 14.2. The van der Waals surface area contributed by atoms with Gasteiger partial charge in [0, 0.05) is 19.2 Å². The molecular weight excluding hydrogens is 518 g/mol. The Balaban J connectivity index is 1.73. The molecular formula is C29H33N3O6S. The van der Waals surface area contributed by atoms with Gasteiger partial charge in [-0.1, -0.05) is 48.0 Å². The molecule has 206 valence electrons. The number of carbonyl (C=O) groups excluding carboxylic acids is 2. The summed E-state index contributed by atoms with van der Waals surface area (Å²) in [6.07, 6.45) is 0. The Labute approximate surface area is 229 Å². The molecule has 0 bridgehead atoms.